The number of Topliss-reactive ketones (excluding diaryl/α,β-unsaturated/α-hetero) is 1. The van der Waals surface area contributed by atoms with E-state index in [1.54, 1.807) is 0 Å². The van der Waals surface area contributed by atoms with Gasteiger partial charge in [-0.15, -0.1) is 0 Å². The summed E-state index contributed by atoms with van der Waals surface area (Å²) in [6.07, 6.45) is 0. The van der Waals surface area contributed by atoms with Crippen molar-refractivity contribution >= 4 is 5.78 Å². The minimum atomic E-state index is -0.592. The Kier molecular flexibility index (Phi) is 6.04. The summed E-state index contributed by atoms with van der Waals surface area (Å²) in [4.78, 5) is 11.3. The molecule has 20 heavy (non-hydrogen) atoms. The van der Waals surface area contributed by atoms with Crippen molar-refractivity contribution in [1.29, 1.82) is 0 Å². The molecule has 0 saturated heterocycles. The second-order valence-electron chi connectivity index (χ2n) is 5.30. The first kappa shape index (κ1) is 16.0. The summed E-state index contributed by atoms with van der Waals surface area (Å²) >= 11 is 0. The second kappa shape index (κ2) is 7.53. The first-order valence-corrected chi connectivity index (χ1v) is 6.65. The van der Waals surface area contributed by atoms with Gasteiger partial charge in [0.2, 0.25) is 5.78 Å². The summed E-state index contributed by atoms with van der Waals surface area (Å²) in [6, 6.07) is 9.92. The van der Waals surface area contributed by atoms with E-state index in [4.69, 9.17) is 4.74 Å². The zero-order chi connectivity index (χ0) is 15.0. The number of carbonyl (C=O) groups excluding carboxylic acids is 1. The molecule has 0 spiro atoms. The van der Waals surface area contributed by atoms with E-state index >= 15 is 0 Å². The highest BCUT2D eigenvalue weighted by Gasteiger charge is 2.14. The van der Waals surface area contributed by atoms with E-state index in [1.807, 2.05) is 58.0 Å². The summed E-state index contributed by atoms with van der Waals surface area (Å²) in [5.74, 6) is 10.5. The van der Waals surface area contributed by atoms with Crippen LogP contribution in [-0.2, 0) is 16.1 Å². The van der Waals surface area contributed by atoms with Crippen LogP contribution in [0, 0.1) is 29.6 Å². The first-order chi connectivity index (χ1) is 9.41. The Bertz CT molecular complexity index is 560. The highest BCUT2D eigenvalue weighted by atomic mass is 16.5. The Balaban J connectivity index is 2.56. The van der Waals surface area contributed by atoms with Crippen LogP contribution < -0.4 is 0 Å². The molecule has 0 bridgehead atoms. The molecule has 0 radical (unpaired) electrons. The third-order valence-corrected chi connectivity index (χ3v) is 2.58. The molecule has 0 heterocycles. The van der Waals surface area contributed by atoms with Gasteiger partial charge in [0.05, 0.1) is 6.61 Å². The third-order valence-electron chi connectivity index (χ3n) is 2.58. The van der Waals surface area contributed by atoms with E-state index in [1.165, 1.54) is 0 Å². The van der Waals surface area contributed by atoms with Crippen molar-refractivity contribution in [3.8, 4) is 23.7 Å². The number of ether oxygens (including phenoxy) is 1. The molecule has 0 fully saturated rings. The summed E-state index contributed by atoms with van der Waals surface area (Å²) in [6.45, 7) is 7.90. The molecule has 0 aliphatic carbocycles. The maximum Gasteiger partial charge on any atom is 0.208 e. The molecule has 0 saturated carbocycles. The lowest BCUT2D eigenvalue weighted by Gasteiger charge is -2.18. The van der Waals surface area contributed by atoms with Crippen LogP contribution >= 0.6 is 0 Å². The maximum atomic E-state index is 11.3. The first-order valence-electron chi connectivity index (χ1n) is 6.65. The van der Waals surface area contributed by atoms with Gasteiger partial charge in [-0.2, -0.15) is 0 Å². The van der Waals surface area contributed by atoms with Crippen molar-refractivity contribution in [3.63, 3.8) is 0 Å². The van der Waals surface area contributed by atoms with Crippen molar-refractivity contribution in [2.75, 3.05) is 0 Å². The number of hydrogen-bond acceptors (Lipinski definition) is 2. The molecule has 2 heteroatoms. The zero-order valence-electron chi connectivity index (χ0n) is 12.5. The van der Waals surface area contributed by atoms with Gasteiger partial charge < -0.3 is 4.74 Å². The minimum Gasteiger partial charge on any atom is -0.358 e. The monoisotopic (exact) mass is 268 g/mol. The minimum absolute atomic E-state index is 0.0772. The van der Waals surface area contributed by atoms with E-state index in [0.717, 1.165) is 5.56 Å². The quantitative estimate of drug-likeness (QED) is 0.619. The lowest BCUT2D eigenvalue weighted by Crippen LogP contribution is -2.21. The molecule has 104 valence electrons. The van der Waals surface area contributed by atoms with E-state index in [2.05, 4.69) is 23.7 Å². The fourth-order valence-electron chi connectivity index (χ4n) is 1.29. The van der Waals surface area contributed by atoms with Gasteiger partial charge in [0, 0.05) is 5.92 Å². The SMILES string of the molecule is CC(C)C(=O)C#CC#CC(C)(C)OCc1ccccc1. The summed E-state index contributed by atoms with van der Waals surface area (Å²) in [5.41, 5.74) is 0.509. The zero-order valence-corrected chi connectivity index (χ0v) is 12.5. The number of carbonyl (C=O) groups is 1. The highest BCUT2D eigenvalue weighted by Crippen LogP contribution is 2.11. The number of ketones is 1. The molecule has 2 nitrogen and oxygen atoms in total. The molecular weight excluding hydrogens is 248 g/mol. The van der Waals surface area contributed by atoms with Crippen LogP contribution in [0.25, 0.3) is 0 Å². The fourth-order valence-corrected chi connectivity index (χ4v) is 1.29. The van der Waals surface area contributed by atoms with Crippen LogP contribution in [0.4, 0.5) is 0 Å². The molecule has 0 aliphatic rings. The van der Waals surface area contributed by atoms with Gasteiger partial charge in [0.15, 0.2) is 0 Å². The van der Waals surface area contributed by atoms with Gasteiger partial charge in [0.1, 0.15) is 5.60 Å². The lowest BCUT2D eigenvalue weighted by atomic mass is 10.1. The predicted octanol–water partition coefficient (Wildman–Crippen LogP) is 3.21. The smallest absolute Gasteiger partial charge is 0.208 e. The van der Waals surface area contributed by atoms with Crippen LogP contribution in [0.1, 0.15) is 33.3 Å². The van der Waals surface area contributed by atoms with Crippen LogP contribution in [0.2, 0.25) is 0 Å². The van der Waals surface area contributed by atoms with Crippen molar-refractivity contribution < 1.29 is 9.53 Å². The molecule has 0 unspecified atom stereocenters. The van der Waals surface area contributed by atoms with Gasteiger partial charge in [-0.05, 0) is 37.2 Å². The molecular formula is C18H20O2. The average Bonchev–Trinajstić information content (AvgIpc) is 2.42. The Morgan fingerprint density at radius 2 is 1.85 bits per heavy atom. The van der Waals surface area contributed by atoms with Crippen molar-refractivity contribution in [1.82, 2.24) is 0 Å². The molecule has 1 aromatic rings. The molecule has 0 amide bonds. The average molecular weight is 268 g/mol. The lowest BCUT2D eigenvalue weighted by molar-refractivity contribution is -0.116. The Labute approximate surface area is 121 Å². The number of rotatable bonds is 4. The molecule has 0 aromatic heterocycles. The number of hydrogen-bond donors (Lipinski definition) is 0. The highest BCUT2D eigenvalue weighted by molar-refractivity contribution is 5.97. The third kappa shape index (κ3) is 6.23. The Morgan fingerprint density at radius 1 is 1.20 bits per heavy atom. The van der Waals surface area contributed by atoms with Gasteiger partial charge in [-0.3, -0.25) is 4.79 Å². The molecule has 0 N–H and O–H groups in total. The van der Waals surface area contributed by atoms with Gasteiger partial charge in [-0.25, -0.2) is 0 Å². The van der Waals surface area contributed by atoms with E-state index < -0.39 is 5.60 Å². The van der Waals surface area contributed by atoms with Crippen LogP contribution in [0.15, 0.2) is 30.3 Å². The van der Waals surface area contributed by atoms with Gasteiger partial charge in [0.25, 0.3) is 0 Å². The number of benzene rings is 1. The molecule has 0 aliphatic heterocycles. The fraction of sp³-hybridized carbons (Fsp3) is 0.389. The van der Waals surface area contributed by atoms with Gasteiger partial charge >= 0.3 is 0 Å². The van der Waals surface area contributed by atoms with Crippen molar-refractivity contribution in [2.24, 2.45) is 5.92 Å². The predicted molar refractivity (Wildman–Crippen MR) is 80.7 cm³/mol. The van der Waals surface area contributed by atoms with Crippen LogP contribution in [-0.4, -0.2) is 11.4 Å². The standard InChI is InChI=1S/C18H20O2/c1-15(2)17(19)12-8-9-13-18(3,4)20-14-16-10-6-5-7-11-16/h5-7,10-11,15H,14H2,1-4H3. The molecule has 1 aromatic carbocycles. The molecule has 1 rings (SSSR count). The summed E-state index contributed by atoms with van der Waals surface area (Å²) in [7, 11) is 0. The van der Waals surface area contributed by atoms with Crippen molar-refractivity contribution in [3.05, 3.63) is 35.9 Å². The second-order valence-corrected chi connectivity index (χ2v) is 5.30. The van der Waals surface area contributed by atoms with E-state index in [-0.39, 0.29) is 11.7 Å². The molecule has 0 atom stereocenters. The Morgan fingerprint density at radius 3 is 2.45 bits per heavy atom. The van der Waals surface area contributed by atoms with E-state index in [9.17, 15) is 4.79 Å². The van der Waals surface area contributed by atoms with Crippen molar-refractivity contribution in [2.45, 2.75) is 39.9 Å². The van der Waals surface area contributed by atoms with Gasteiger partial charge in [-0.1, -0.05) is 50.1 Å². The maximum absolute atomic E-state index is 11.3. The summed E-state index contributed by atoms with van der Waals surface area (Å²) in [5, 5.41) is 0. The Hall–Kier alpha value is -2.03. The topological polar surface area (TPSA) is 26.3 Å². The van der Waals surface area contributed by atoms with Crippen LogP contribution in [0.5, 0.6) is 0 Å². The van der Waals surface area contributed by atoms with E-state index in [0.29, 0.717) is 6.61 Å². The normalized spacial score (nSPS) is 10.2. The van der Waals surface area contributed by atoms with Crippen LogP contribution in [0.3, 0.4) is 0 Å². The largest absolute Gasteiger partial charge is 0.358 e. The summed E-state index contributed by atoms with van der Waals surface area (Å²) < 4.78 is 5.74.